The van der Waals surface area contributed by atoms with Gasteiger partial charge in [-0.05, 0) is 47.9 Å². The van der Waals surface area contributed by atoms with Crippen LogP contribution in [0.3, 0.4) is 0 Å². The fourth-order valence-electron chi connectivity index (χ4n) is 5.67. The first-order valence-corrected chi connectivity index (χ1v) is 12.9. The summed E-state index contributed by atoms with van der Waals surface area (Å²) in [5, 5.41) is 0.716. The molecule has 1 fully saturated rings. The van der Waals surface area contributed by atoms with Gasteiger partial charge in [0.15, 0.2) is 11.3 Å². The van der Waals surface area contributed by atoms with Crippen LogP contribution in [0.1, 0.15) is 30.0 Å². The van der Waals surface area contributed by atoms with E-state index in [-0.39, 0.29) is 17.0 Å². The van der Waals surface area contributed by atoms with Crippen molar-refractivity contribution in [2.45, 2.75) is 35.2 Å². The van der Waals surface area contributed by atoms with Crippen molar-refractivity contribution < 1.29 is 0 Å². The highest BCUT2D eigenvalue weighted by molar-refractivity contribution is 7.99. The van der Waals surface area contributed by atoms with Gasteiger partial charge < -0.3 is 20.6 Å². The van der Waals surface area contributed by atoms with Gasteiger partial charge in [0.2, 0.25) is 5.95 Å². The molecule has 0 unspecified atom stereocenters. The maximum absolute atomic E-state index is 11.6. The molecule has 2 aromatic carbocycles. The zero-order valence-corrected chi connectivity index (χ0v) is 20.3. The number of piperidine rings is 1. The van der Waals surface area contributed by atoms with E-state index in [2.05, 4.69) is 49.1 Å². The van der Waals surface area contributed by atoms with Crippen molar-refractivity contribution in [2.75, 3.05) is 18.0 Å². The maximum Gasteiger partial charge on any atom is 0.266 e. The van der Waals surface area contributed by atoms with Crippen LogP contribution in [-0.2, 0) is 6.42 Å². The third-order valence-corrected chi connectivity index (χ3v) is 8.56. The van der Waals surface area contributed by atoms with Crippen molar-refractivity contribution in [1.82, 2.24) is 29.9 Å². The molecule has 3 aromatic heterocycles. The molecule has 4 N–H and O–H groups in total. The lowest BCUT2D eigenvalue weighted by atomic mass is 9.73. The minimum Gasteiger partial charge on any atom is -0.342 e. The van der Waals surface area contributed by atoms with Crippen LogP contribution in [0.2, 0.25) is 0 Å². The van der Waals surface area contributed by atoms with Gasteiger partial charge in [-0.2, -0.15) is 4.98 Å². The van der Waals surface area contributed by atoms with Gasteiger partial charge in [0.25, 0.3) is 5.56 Å². The summed E-state index contributed by atoms with van der Waals surface area (Å²) in [5.41, 5.74) is 12.0. The second-order valence-electron chi connectivity index (χ2n) is 9.65. The van der Waals surface area contributed by atoms with Crippen LogP contribution >= 0.6 is 11.8 Å². The Hall–Kier alpha value is -3.76. The van der Waals surface area contributed by atoms with E-state index in [1.165, 1.54) is 29.1 Å². The average molecular weight is 497 g/mol. The summed E-state index contributed by atoms with van der Waals surface area (Å²) in [7, 11) is 0. The van der Waals surface area contributed by atoms with E-state index in [0.717, 1.165) is 48.7 Å². The Kier molecular flexibility index (Phi) is 4.87. The zero-order chi connectivity index (χ0) is 24.3. The van der Waals surface area contributed by atoms with Crippen molar-refractivity contribution in [1.29, 1.82) is 0 Å². The summed E-state index contributed by atoms with van der Waals surface area (Å²) in [4.78, 5) is 39.3. The number of fused-ring (bicyclic) bond motifs is 3. The van der Waals surface area contributed by atoms with Gasteiger partial charge in [-0.15, -0.1) is 0 Å². The van der Waals surface area contributed by atoms with Gasteiger partial charge in [0.1, 0.15) is 10.5 Å². The first kappa shape index (κ1) is 21.5. The van der Waals surface area contributed by atoms with Crippen LogP contribution in [0.4, 0.5) is 5.95 Å². The Morgan fingerprint density at radius 2 is 1.86 bits per heavy atom. The number of nitrogens with zero attached hydrogens (tertiary/aromatic N) is 5. The van der Waals surface area contributed by atoms with E-state index in [0.29, 0.717) is 21.8 Å². The molecule has 180 valence electrons. The molecule has 5 aromatic rings. The molecular weight excluding hydrogens is 472 g/mol. The number of anilines is 1. The highest BCUT2D eigenvalue weighted by atomic mass is 32.2. The second kappa shape index (κ2) is 8.14. The summed E-state index contributed by atoms with van der Waals surface area (Å²) in [6, 6.07) is 14.4. The number of H-pyrrole nitrogens is 2. The summed E-state index contributed by atoms with van der Waals surface area (Å²) in [6.45, 7) is 1.78. The molecule has 0 saturated carbocycles. The summed E-state index contributed by atoms with van der Waals surface area (Å²) in [5.74, 6) is 0.801. The molecule has 2 aliphatic rings. The molecule has 1 saturated heterocycles. The number of aromatic amines is 2. The number of aromatic nitrogens is 6. The molecule has 1 aliphatic carbocycles. The second-order valence-corrected chi connectivity index (χ2v) is 10.7. The number of hydrogen-bond acceptors (Lipinski definition) is 8. The molecule has 7 rings (SSSR count). The van der Waals surface area contributed by atoms with Gasteiger partial charge in [-0.1, -0.05) is 42.1 Å². The SMILES string of the molecule is N[C@@H]1c2ccccc2CC12CCN(c1nc3nc(Sc4cccc5[nH]c(=O)cnc45)cnc3[nH]1)CC2. The zero-order valence-electron chi connectivity index (χ0n) is 19.4. The Labute approximate surface area is 210 Å². The quantitative estimate of drug-likeness (QED) is 0.346. The van der Waals surface area contributed by atoms with Gasteiger partial charge in [0, 0.05) is 24.0 Å². The Balaban J connectivity index is 1.11. The van der Waals surface area contributed by atoms with Gasteiger partial charge >= 0.3 is 0 Å². The fraction of sp³-hybridized carbons (Fsp3) is 0.269. The van der Waals surface area contributed by atoms with Crippen molar-refractivity contribution in [3.8, 4) is 0 Å². The number of rotatable bonds is 3. The number of para-hydroxylation sites is 1. The van der Waals surface area contributed by atoms with E-state index < -0.39 is 0 Å². The van der Waals surface area contributed by atoms with Crippen LogP contribution in [0.5, 0.6) is 0 Å². The van der Waals surface area contributed by atoms with Crippen LogP contribution in [-0.4, -0.2) is 43.0 Å². The van der Waals surface area contributed by atoms with Gasteiger partial charge in [-0.3, -0.25) is 4.79 Å². The van der Waals surface area contributed by atoms with Gasteiger partial charge in [0.05, 0.1) is 17.9 Å². The lowest BCUT2D eigenvalue weighted by Gasteiger charge is -2.42. The van der Waals surface area contributed by atoms with E-state index in [1.54, 1.807) is 6.20 Å². The monoisotopic (exact) mass is 496 g/mol. The molecule has 1 aliphatic heterocycles. The third-order valence-electron chi connectivity index (χ3n) is 7.61. The smallest absolute Gasteiger partial charge is 0.266 e. The highest BCUT2D eigenvalue weighted by Crippen LogP contribution is 2.50. The normalized spacial score (nSPS) is 18.8. The Morgan fingerprint density at radius 3 is 2.72 bits per heavy atom. The summed E-state index contributed by atoms with van der Waals surface area (Å²) >= 11 is 1.45. The van der Waals surface area contributed by atoms with Crippen molar-refractivity contribution in [2.24, 2.45) is 11.1 Å². The first-order chi connectivity index (χ1) is 17.6. The lowest BCUT2D eigenvalue weighted by molar-refractivity contribution is 0.187. The largest absolute Gasteiger partial charge is 0.342 e. The highest BCUT2D eigenvalue weighted by Gasteiger charge is 2.46. The number of benzene rings is 2. The Morgan fingerprint density at radius 1 is 1.00 bits per heavy atom. The molecule has 4 heterocycles. The van der Waals surface area contributed by atoms with E-state index in [1.807, 2.05) is 18.2 Å². The first-order valence-electron chi connectivity index (χ1n) is 12.1. The molecule has 0 bridgehead atoms. The number of imidazole rings is 1. The predicted octanol–water partition coefficient (Wildman–Crippen LogP) is 3.58. The standard InChI is InChI=1S/C26H24N8OS/c27-22-16-5-2-1-4-15(16)12-26(22)8-10-34(11-9-26)25-32-23-24(33-25)31-20(14-29-23)36-18-7-3-6-17-21(18)28-13-19(35)30-17/h1-7,13-14,22H,8-12,27H2,(H,30,35)(H,29,31,32,33)/t22-/m1/s1. The molecule has 10 heteroatoms. The third kappa shape index (κ3) is 3.48. The van der Waals surface area contributed by atoms with Crippen LogP contribution in [0, 0.1) is 5.41 Å². The van der Waals surface area contributed by atoms with Gasteiger partial charge in [-0.25, -0.2) is 15.0 Å². The fourth-order valence-corrected chi connectivity index (χ4v) is 6.54. The summed E-state index contributed by atoms with van der Waals surface area (Å²) < 4.78 is 0. The topological polar surface area (TPSA) is 129 Å². The minimum absolute atomic E-state index is 0.0934. The number of hydrogen-bond donors (Lipinski definition) is 3. The lowest BCUT2D eigenvalue weighted by Crippen LogP contribution is -2.44. The summed E-state index contributed by atoms with van der Waals surface area (Å²) in [6.07, 6.45) is 6.13. The molecule has 36 heavy (non-hydrogen) atoms. The van der Waals surface area contributed by atoms with Crippen LogP contribution in [0.15, 0.2) is 69.6 Å². The molecule has 9 nitrogen and oxygen atoms in total. The van der Waals surface area contributed by atoms with E-state index in [4.69, 9.17) is 15.7 Å². The van der Waals surface area contributed by atoms with E-state index >= 15 is 0 Å². The average Bonchev–Trinajstić information content (AvgIpc) is 3.43. The van der Waals surface area contributed by atoms with Crippen molar-refractivity contribution >= 4 is 40.0 Å². The number of nitrogens with one attached hydrogen (secondary N) is 2. The van der Waals surface area contributed by atoms with Crippen LogP contribution < -0.4 is 16.2 Å². The molecule has 1 atom stereocenters. The molecular formula is C26H24N8OS. The van der Waals surface area contributed by atoms with E-state index in [9.17, 15) is 4.79 Å². The maximum atomic E-state index is 11.6. The molecule has 0 radical (unpaired) electrons. The van der Waals surface area contributed by atoms with Crippen molar-refractivity contribution in [3.63, 3.8) is 0 Å². The van der Waals surface area contributed by atoms with Crippen LogP contribution in [0.25, 0.3) is 22.3 Å². The predicted molar refractivity (Wildman–Crippen MR) is 139 cm³/mol. The molecule has 1 spiro atoms. The molecule has 0 amide bonds. The Bertz CT molecular complexity index is 1670. The number of nitrogens with two attached hydrogens (primary N) is 1. The van der Waals surface area contributed by atoms with Crippen molar-refractivity contribution in [3.05, 3.63) is 76.3 Å². The minimum atomic E-state index is -0.224.